The van der Waals surface area contributed by atoms with Gasteiger partial charge in [-0.2, -0.15) is 10.1 Å². The van der Waals surface area contributed by atoms with Gasteiger partial charge in [-0.05, 0) is 17.6 Å². The van der Waals surface area contributed by atoms with Crippen molar-refractivity contribution in [1.82, 2.24) is 35.2 Å². The lowest BCUT2D eigenvalue weighted by Gasteiger charge is -2.07. The standard InChI is InChI=1S/C21H25N9O2/c1-13(2)7-24-18(31)12-30-11-17(10-27-30)20-28-19(29-32-20)15(6-22)5-4-14(3)16-8-25-21(23)26-9-16/h4-6,8-11,13H,3,7,12,22H2,1-2H3,(H,24,31)(H2,23,25,26)/b5-4-,15-6+. The van der Waals surface area contributed by atoms with E-state index in [0.717, 1.165) is 0 Å². The zero-order valence-corrected chi connectivity index (χ0v) is 17.9. The van der Waals surface area contributed by atoms with Crippen LogP contribution in [0.3, 0.4) is 0 Å². The maximum Gasteiger partial charge on any atom is 0.261 e. The van der Waals surface area contributed by atoms with Crippen LogP contribution in [0.25, 0.3) is 22.6 Å². The summed E-state index contributed by atoms with van der Waals surface area (Å²) in [5, 5.41) is 11.0. The first-order valence-corrected chi connectivity index (χ1v) is 9.86. The molecule has 11 heteroatoms. The van der Waals surface area contributed by atoms with Gasteiger partial charge in [-0.1, -0.05) is 31.7 Å². The smallest absolute Gasteiger partial charge is 0.261 e. The van der Waals surface area contributed by atoms with Crippen LogP contribution in [-0.4, -0.2) is 42.3 Å². The van der Waals surface area contributed by atoms with Crippen LogP contribution in [0.1, 0.15) is 25.2 Å². The number of carbonyl (C=O) groups excluding carboxylic acids is 1. The van der Waals surface area contributed by atoms with E-state index in [9.17, 15) is 4.79 Å². The van der Waals surface area contributed by atoms with E-state index >= 15 is 0 Å². The molecule has 0 bridgehead atoms. The Morgan fingerprint density at radius 3 is 2.72 bits per heavy atom. The minimum atomic E-state index is -0.121. The number of hydrogen-bond donors (Lipinski definition) is 3. The van der Waals surface area contributed by atoms with E-state index < -0.39 is 0 Å². The predicted octanol–water partition coefficient (Wildman–Crippen LogP) is 1.65. The molecule has 0 aromatic carbocycles. The summed E-state index contributed by atoms with van der Waals surface area (Å²) in [5.41, 5.74) is 13.7. The molecule has 1 amide bonds. The van der Waals surface area contributed by atoms with Crippen molar-refractivity contribution in [3.8, 4) is 11.5 Å². The molecule has 166 valence electrons. The van der Waals surface area contributed by atoms with Crippen LogP contribution in [0.5, 0.6) is 0 Å². The molecule has 0 fully saturated rings. The molecular formula is C21H25N9O2. The highest BCUT2D eigenvalue weighted by atomic mass is 16.5. The fraction of sp³-hybridized carbons (Fsp3) is 0.238. The number of nitrogen functional groups attached to an aromatic ring is 1. The first-order valence-electron chi connectivity index (χ1n) is 9.86. The molecule has 0 spiro atoms. The minimum absolute atomic E-state index is 0.0986. The van der Waals surface area contributed by atoms with E-state index in [1.54, 1.807) is 36.9 Å². The zero-order chi connectivity index (χ0) is 23.1. The Kier molecular flexibility index (Phi) is 7.11. The second-order valence-electron chi connectivity index (χ2n) is 7.36. The summed E-state index contributed by atoms with van der Waals surface area (Å²) in [4.78, 5) is 24.2. The number of anilines is 1. The molecule has 0 aliphatic heterocycles. The molecule has 3 aromatic heterocycles. The van der Waals surface area contributed by atoms with Gasteiger partial charge in [0.2, 0.25) is 17.7 Å². The third kappa shape index (κ3) is 5.88. The molecule has 3 aromatic rings. The Balaban J connectivity index is 1.66. The second-order valence-corrected chi connectivity index (χ2v) is 7.36. The molecule has 0 aliphatic carbocycles. The van der Waals surface area contributed by atoms with Gasteiger partial charge in [-0.15, -0.1) is 0 Å². The summed E-state index contributed by atoms with van der Waals surface area (Å²) in [7, 11) is 0. The van der Waals surface area contributed by atoms with Crippen molar-refractivity contribution in [2.45, 2.75) is 20.4 Å². The molecule has 3 rings (SSSR count). The summed E-state index contributed by atoms with van der Waals surface area (Å²) in [6.07, 6.45) is 11.2. The highest BCUT2D eigenvalue weighted by Crippen LogP contribution is 2.21. The molecule has 5 N–H and O–H groups in total. The number of nitrogens with two attached hydrogens (primary N) is 2. The van der Waals surface area contributed by atoms with E-state index in [0.29, 0.717) is 40.6 Å². The number of carbonyl (C=O) groups is 1. The fourth-order valence-electron chi connectivity index (χ4n) is 2.53. The first-order chi connectivity index (χ1) is 15.4. The van der Waals surface area contributed by atoms with E-state index in [1.165, 1.54) is 10.9 Å². The summed E-state index contributed by atoms with van der Waals surface area (Å²) in [5.74, 6) is 0.992. The quantitative estimate of drug-likeness (QED) is 0.424. The average molecular weight is 435 g/mol. The Hall–Kier alpha value is -4.28. The van der Waals surface area contributed by atoms with Crippen molar-refractivity contribution in [3.05, 3.63) is 61.1 Å². The number of aromatic nitrogens is 6. The maximum atomic E-state index is 12.0. The topological polar surface area (TPSA) is 164 Å². The number of nitrogens with one attached hydrogen (secondary N) is 1. The van der Waals surface area contributed by atoms with Gasteiger partial charge in [0.25, 0.3) is 5.89 Å². The van der Waals surface area contributed by atoms with Crippen LogP contribution in [0, 0.1) is 5.92 Å². The fourth-order valence-corrected chi connectivity index (χ4v) is 2.53. The Morgan fingerprint density at radius 1 is 1.28 bits per heavy atom. The first kappa shape index (κ1) is 22.4. The van der Waals surface area contributed by atoms with Gasteiger partial charge in [0, 0.05) is 42.5 Å². The molecular weight excluding hydrogens is 410 g/mol. The van der Waals surface area contributed by atoms with Gasteiger partial charge in [-0.3, -0.25) is 9.48 Å². The number of amides is 1. The van der Waals surface area contributed by atoms with Crippen molar-refractivity contribution < 1.29 is 9.32 Å². The molecule has 32 heavy (non-hydrogen) atoms. The van der Waals surface area contributed by atoms with Crippen LogP contribution >= 0.6 is 0 Å². The molecule has 0 unspecified atom stereocenters. The zero-order valence-electron chi connectivity index (χ0n) is 17.9. The number of allylic oxidation sites excluding steroid dienone is 4. The molecule has 0 aliphatic rings. The van der Waals surface area contributed by atoms with E-state index in [-0.39, 0.29) is 24.3 Å². The normalized spacial score (nSPS) is 11.9. The van der Waals surface area contributed by atoms with Crippen LogP contribution in [0.15, 0.2) is 54.2 Å². The lowest BCUT2D eigenvalue weighted by atomic mass is 10.1. The van der Waals surface area contributed by atoms with Gasteiger partial charge in [0.1, 0.15) is 6.54 Å². The van der Waals surface area contributed by atoms with Gasteiger partial charge in [0.05, 0.1) is 11.8 Å². The van der Waals surface area contributed by atoms with E-state index in [2.05, 4.69) is 37.1 Å². The van der Waals surface area contributed by atoms with Crippen molar-refractivity contribution >= 4 is 23.0 Å². The SMILES string of the molecule is C=C(/C=C\C(=C/N)c1noc(-c2cnn(CC(=O)NCC(C)C)c2)n1)c1cnc(N)nc1. The van der Waals surface area contributed by atoms with Crippen molar-refractivity contribution in [2.75, 3.05) is 12.3 Å². The van der Waals surface area contributed by atoms with Crippen LogP contribution < -0.4 is 16.8 Å². The van der Waals surface area contributed by atoms with E-state index in [4.69, 9.17) is 16.0 Å². The second kappa shape index (κ2) is 10.2. The van der Waals surface area contributed by atoms with Gasteiger partial charge in [-0.25, -0.2) is 9.97 Å². The Morgan fingerprint density at radius 2 is 2.03 bits per heavy atom. The summed E-state index contributed by atoms with van der Waals surface area (Å²) in [6, 6.07) is 0. The Bertz CT molecular complexity index is 1140. The summed E-state index contributed by atoms with van der Waals surface area (Å²) in [6.45, 7) is 8.74. The lowest BCUT2D eigenvalue weighted by Crippen LogP contribution is -2.30. The molecule has 0 saturated carbocycles. The number of rotatable bonds is 9. The molecule has 0 radical (unpaired) electrons. The molecule has 0 saturated heterocycles. The van der Waals surface area contributed by atoms with Crippen molar-refractivity contribution in [1.29, 1.82) is 0 Å². The molecule has 11 nitrogen and oxygen atoms in total. The molecule has 3 heterocycles. The van der Waals surface area contributed by atoms with Crippen molar-refractivity contribution in [2.24, 2.45) is 11.7 Å². The minimum Gasteiger partial charge on any atom is -0.404 e. The highest BCUT2D eigenvalue weighted by molar-refractivity contribution is 5.78. The third-order valence-electron chi connectivity index (χ3n) is 4.26. The van der Waals surface area contributed by atoms with E-state index in [1.807, 2.05) is 13.8 Å². The van der Waals surface area contributed by atoms with Crippen LogP contribution in [0.2, 0.25) is 0 Å². The number of nitrogens with zero attached hydrogens (tertiary/aromatic N) is 6. The van der Waals surface area contributed by atoms with Gasteiger partial charge in [0.15, 0.2) is 0 Å². The number of hydrogen-bond acceptors (Lipinski definition) is 9. The average Bonchev–Trinajstić information content (AvgIpc) is 3.43. The van der Waals surface area contributed by atoms with Crippen molar-refractivity contribution in [3.63, 3.8) is 0 Å². The molecule has 0 atom stereocenters. The maximum absolute atomic E-state index is 12.0. The summed E-state index contributed by atoms with van der Waals surface area (Å²) < 4.78 is 6.84. The van der Waals surface area contributed by atoms with Gasteiger partial charge >= 0.3 is 0 Å². The Labute approximate surface area is 184 Å². The van der Waals surface area contributed by atoms with Crippen LogP contribution in [-0.2, 0) is 11.3 Å². The summed E-state index contributed by atoms with van der Waals surface area (Å²) >= 11 is 0. The highest BCUT2D eigenvalue weighted by Gasteiger charge is 2.14. The lowest BCUT2D eigenvalue weighted by molar-refractivity contribution is -0.122. The third-order valence-corrected chi connectivity index (χ3v) is 4.26. The van der Waals surface area contributed by atoms with Gasteiger partial charge < -0.3 is 21.3 Å². The largest absolute Gasteiger partial charge is 0.404 e. The van der Waals surface area contributed by atoms with Crippen LogP contribution in [0.4, 0.5) is 5.95 Å². The monoisotopic (exact) mass is 435 g/mol. The predicted molar refractivity (Wildman–Crippen MR) is 120 cm³/mol.